The number of benzene rings is 1. The summed E-state index contributed by atoms with van der Waals surface area (Å²) in [6.45, 7) is 8.86. The van der Waals surface area contributed by atoms with Gasteiger partial charge < -0.3 is 19.7 Å². The van der Waals surface area contributed by atoms with Crippen LogP contribution >= 0.6 is 12.2 Å². The molecule has 2 aromatic heterocycles. The van der Waals surface area contributed by atoms with Gasteiger partial charge in [-0.3, -0.25) is 4.98 Å². The van der Waals surface area contributed by atoms with Crippen molar-refractivity contribution >= 4 is 28.7 Å². The number of nitrogens with zero attached hydrogens (tertiary/aromatic N) is 4. The van der Waals surface area contributed by atoms with E-state index in [1.165, 1.54) is 17.0 Å². The van der Waals surface area contributed by atoms with E-state index in [0.29, 0.717) is 6.04 Å². The Labute approximate surface area is 190 Å². The molecule has 1 aromatic carbocycles. The summed E-state index contributed by atoms with van der Waals surface area (Å²) >= 11 is 5.87. The molecule has 4 rings (SSSR count). The molecule has 1 N–H and O–H groups in total. The van der Waals surface area contributed by atoms with Gasteiger partial charge in [0.25, 0.3) is 0 Å². The molecule has 0 bridgehead atoms. The fraction of sp³-hybridized carbons (Fsp3) is 0.360. The van der Waals surface area contributed by atoms with Crippen molar-refractivity contribution in [1.82, 2.24) is 14.9 Å². The van der Waals surface area contributed by atoms with Gasteiger partial charge in [0.15, 0.2) is 5.11 Å². The van der Waals surface area contributed by atoms with Crippen LogP contribution in [0.5, 0.6) is 0 Å². The number of aryl methyl sites for hydroxylation is 1. The first-order valence-corrected chi connectivity index (χ1v) is 11.2. The number of aromatic nitrogens is 2. The third-order valence-corrected chi connectivity index (χ3v) is 6.42. The molecule has 0 unspecified atom stereocenters. The van der Waals surface area contributed by atoms with Gasteiger partial charge in [0.2, 0.25) is 0 Å². The Bertz CT molecular complexity index is 1070. The molecule has 6 heteroatoms. The molecular formula is C25H31N5S. The molecule has 3 heterocycles. The van der Waals surface area contributed by atoms with E-state index >= 15 is 0 Å². The number of thiocarbonyl (C=S) groups is 1. The van der Waals surface area contributed by atoms with Gasteiger partial charge in [-0.25, -0.2) is 0 Å². The summed E-state index contributed by atoms with van der Waals surface area (Å²) in [5.41, 5.74) is 7.07. The molecule has 3 aromatic rings. The van der Waals surface area contributed by atoms with Gasteiger partial charge in [0.05, 0.1) is 17.8 Å². The zero-order valence-corrected chi connectivity index (χ0v) is 19.9. The number of hydrogen-bond acceptors (Lipinski definition) is 3. The molecule has 1 saturated heterocycles. The van der Waals surface area contributed by atoms with Crippen molar-refractivity contribution in [3.8, 4) is 0 Å². The van der Waals surface area contributed by atoms with Gasteiger partial charge in [-0.05, 0) is 87.9 Å². The van der Waals surface area contributed by atoms with E-state index in [2.05, 4.69) is 103 Å². The van der Waals surface area contributed by atoms with Crippen molar-refractivity contribution in [2.45, 2.75) is 45.8 Å². The zero-order valence-electron chi connectivity index (χ0n) is 19.1. The number of anilines is 2. The first-order chi connectivity index (χ1) is 14.8. The predicted octanol–water partition coefficient (Wildman–Crippen LogP) is 5.32. The van der Waals surface area contributed by atoms with Crippen LogP contribution in [0.4, 0.5) is 11.4 Å². The average molecular weight is 434 g/mol. The normalized spacial score (nSPS) is 18.5. The van der Waals surface area contributed by atoms with E-state index in [1.807, 2.05) is 18.3 Å². The van der Waals surface area contributed by atoms with Crippen LogP contribution in [0, 0.1) is 13.8 Å². The van der Waals surface area contributed by atoms with Crippen molar-refractivity contribution in [2.24, 2.45) is 0 Å². The fourth-order valence-corrected chi connectivity index (χ4v) is 5.10. The molecule has 5 nitrogen and oxygen atoms in total. The summed E-state index contributed by atoms with van der Waals surface area (Å²) in [6.07, 6.45) is 1.85. The van der Waals surface area contributed by atoms with E-state index in [9.17, 15) is 0 Å². The van der Waals surface area contributed by atoms with Crippen molar-refractivity contribution in [3.05, 3.63) is 77.4 Å². The molecule has 0 spiro atoms. The lowest BCUT2D eigenvalue weighted by molar-refractivity contribution is 0.547. The number of hydrogen-bond donors (Lipinski definition) is 1. The third-order valence-electron chi connectivity index (χ3n) is 6.10. The summed E-state index contributed by atoms with van der Waals surface area (Å²) in [7, 11) is 4.11. The smallest absolute Gasteiger partial charge is 0.174 e. The van der Waals surface area contributed by atoms with Crippen molar-refractivity contribution in [1.29, 1.82) is 0 Å². The lowest BCUT2D eigenvalue weighted by Crippen LogP contribution is -2.29. The second-order valence-corrected chi connectivity index (χ2v) is 9.08. The monoisotopic (exact) mass is 433 g/mol. The van der Waals surface area contributed by atoms with Crippen LogP contribution in [0.1, 0.15) is 54.6 Å². The topological polar surface area (TPSA) is 36.3 Å². The van der Waals surface area contributed by atoms with Crippen LogP contribution < -0.4 is 15.1 Å². The standard InChI is InChI=1S/C25H31N5S/c1-16(2)29-17(3)15-21(18(29)4)24-23(22-9-7-8-14-26-22)27-25(31)30(24)20-12-10-19(11-13-20)28(5)6/h7-16,23-24H,1-6H3,(H,27,31)/t23-,24-/m0/s1. The molecule has 31 heavy (non-hydrogen) atoms. The Morgan fingerprint density at radius 1 is 1.06 bits per heavy atom. The van der Waals surface area contributed by atoms with Crippen LogP contribution in [0.25, 0.3) is 0 Å². The summed E-state index contributed by atoms with van der Waals surface area (Å²) < 4.78 is 2.40. The van der Waals surface area contributed by atoms with Crippen LogP contribution in [0.3, 0.4) is 0 Å². The van der Waals surface area contributed by atoms with E-state index in [4.69, 9.17) is 12.2 Å². The predicted molar refractivity (Wildman–Crippen MR) is 133 cm³/mol. The van der Waals surface area contributed by atoms with Gasteiger partial charge in [0, 0.05) is 49.1 Å². The Morgan fingerprint density at radius 3 is 2.32 bits per heavy atom. The lowest BCUT2D eigenvalue weighted by atomic mass is 9.96. The van der Waals surface area contributed by atoms with Crippen LogP contribution in [0.2, 0.25) is 0 Å². The van der Waals surface area contributed by atoms with E-state index in [-0.39, 0.29) is 12.1 Å². The molecule has 1 aliphatic rings. The van der Waals surface area contributed by atoms with Crippen LogP contribution in [-0.4, -0.2) is 28.8 Å². The van der Waals surface area contributed by atoms with Crippen molar-refractivity contribution in [2.75, 3.05) is 23.9 Å². The van der Waals surface area contributed by atoms with Gasteiger partial charge in [0.1, 0.15) is 0 Å². The third kappa shape index (κ3) is 3.81. The maximum atomic E-state index is 5.87. The average Bonchev–Trinajstić information content (AvgIpc) is 3.24. The molecule has 1 fully saturated rings. The molecule has 2 atom stereocenters. The van der Waals surface area contributed by atoms with Crippen molar-refractivity contribution in [3.63, 3.8) is 0 Å². The van der Waals surface area contributed by atoms with Gasteiger partial charge >= 0.3 is 0 Å². The SMILES string of the molecule is Cc1cc([C@H]2[C@H](c3ccccn3)NC(=S)N2c2ccc(N(C)C)cc2)c(C)n1C(C)C. The lowest BCUT2D eigenvalue weighted by Gasteiger charge is -2.29. The van der Waals surface area contributed by atoms with Crippen LogP contribution in [-0.2, 0) is 0 Å². The summed E-state index contributed by atoms with van der Waals surface area (Å²) in [5.74, 6) is 0. The fourth-order valence-electron chi connectivity index (χ4n) is 4.76. The maximum Gasteiger partial charge on any atom is 0.174 e. The molecular weight excluding hydrogens is 402 g/mol. The Kier molecular flexibility index (Phi) is 5.75. The van der Waals surface area contributed by atoms with Gasteiger partial charge in [-0.15, -0.1) is 0 Å². The highest BCUT2D eigenvalue weighted by Gasteiger charge is 2.42. The quantitative estimate of drug-likeness (QED) is 0.551. The Hall–Kier alpha value is -2.86. The van der Waals surface area contributed by atoms with E-state index < -0.39 is 0 Å². The second-order valence-electron chi connectivity index (χ2n) is 8.70. The summed E-state index contributed by atoms with van der Waals surface area (Å²) in [4.78, 5) is 9.02. The number of nitrogens with one attached hydrogen (secondary N) is 1. The zero-order chi connectivity index (χ0) is 22.3. The van der Waals surface area contributed by atoms with Crippen LogP contribution in [0.15, 0.2) is 54.7 Å². The van der Waals surface area contributed by atoms with Gasteiger partial charge in [-0.2, -0.15) is 0 Å². The highest BCUT2D eigenvalue weighted by Crippen LogP contribution is 2.43. The molecule has 0 aliphatic carbocycles. The molecule has 162 valence electrons. The van der Waals surface area contributed by atoms with Crippen molar-refractivity contribution < 1.29 is 0 Å². The number of pyridine rings is 1. The molecule has 0 radical (unpaired) electrons. The minimum absolute atomic E-state index is 0.0197. The second kappa shape index (κ2) is 8.35. The Morgan fingerprint density at radius 2 is 1.77 bits per heavy atom. The maximum absolute atomic E-state index is 5.87. The first-order valence-electron chi connectivity index (χ1n) is 10.8. The van der Waals surface area contributed by atoms with E-state index in [1.54, 1.807) is 0 Å². The molecule has 1 aliphatic heterocycles. The number of rotatable bonds is 5. The van der Waals surface area contributed by atoms with Gasteiger partial charge in [-0.1, -0.05) is 6.07 Å². The summed E-state index contributed by atoms with van der Waals surface area (Å²) in [6, 6.07) is 17.4. The first kappa shape index (κ1) is 21.4. The minimum Gasteiger partial charge on any atom is -0.378 e. The summed E-state index contributed by atoms with van der Waals surface area (Å²) in [5, 5.41) is 4.29. The highest BCUT2D eigenvalue weighted by molar-refractivity contribution is 7.80. The highest BCUT2D eigenvalue weighted by atomic mass is 32.1. The molecule has 0 saturated carbocycles. The largest absolute Gasteiger partial charge is 0.378 e. The minimum atomic E-state index is -0.0247. The van der Waals surface area contributed by atoms with E-state index in [0.717, 1.165) is 22.2 Å². The molecule has 0 amide bonds. The Balaban J connectivity index is 1.86.